The highest BCUT2D eigenvalue weighted by atomic mass is 32.1. The van der Waals surface area contributed by atoms with Crippen molar-refractivity contribution < 1.29 is 4.57 Å². The van der Waals surface area contributed by atoms with Crippen molar-refractivity contribution in [1.82, 2.24) is 4.57 Å². The Labute approximate surface area is 94.8 Å². The third-order valence-corrected chi connectivity index (χ3v) is 3.86. The zero-order valence-corrected chi connectivity index (χ0v) is 10.4. The fraction of sp³-hybridized carbons (Fsp3) is 0.273. The minimum absolute atomic E-state index is 0.591. The Bertz CT molecular complexity index is 421. The molecule has 0 saturated heterocycles. The molecule has 2 heterocycles. The topological polar surface area (TPSA) is 22.0 Å². The van der Waals surface area contributed by atoms with Crippen molar-refractivity contribution in [3.8, 4) is 10.6 Å². The molecule has 0 bridgehead atoms. The highest BCUT2D eigenvalue weighted by molar-refractivity contribution is 7.23. The molecule has 4 heteroatoms. The van der Waals surface area contributed by atoms with E-state index in [4.69, 9.17) is 0 Å². The summed E-state index contributed by atoms with van der Waals surface area (Å²) in [6.45, 7) is 0.968. The molecule has 80 valence electrons. The summed E-state index contributed by atoms with van der Waals surface area (Å²) in [4.78, 5) is 1.30. The number of aryl methyl sites for hydroxylation is 1. The summed E-state index contributed by atoms with van der Waals surface area (Å²) < 4.78 is 12.7. The Morgan fingerprint density at radius 2 is 2.27 bits per heavy atom. The maximum absolute atomic E-state index is 10.4. The van der Waals surface area contributed by atoms with Crippen LogP contribution in [0.2, 0.25) is 0 Å². The third kappa shape index (κ3) is 2.61. The number of thiophene rings is 1. The van der Waals surface area contributed by atoms with Crippen LogP contribution in [0.1, 0.15) is 6.42 Å². The Hall–Kier alpha value is -0.790. The Morgan fingerprint density at radius 3 is 3.00 bits per heavy atom. The zero-order valence-electron chi connectivity index (χ0n) is 8.43. The number of aromatic nitrogens is 1. The minimum atomic E-state index is -0.591. The van der Waals surface area contributed by atoms with Crippen molar-refractivity contribution in [2.75, 3.05) is 6.16 Å². The van der Waals surface area contributed by atoms with Crippen molar-refractivity contribution in [1.29, 1.82) is 0 Å². The summed E-state index contributed by atoms with van der Waals surface area (Å²) in [5.74, 6) is 0. The first-order valence-electron chi connectivity index (χ1n) is 5.04. The van der Waals surface area contributed by atoms with Crippen LogP contribution in [-0.4, -0.2) is 10.7 Å². The summed E-state index contributed by atoms with van der Waals surface area (Å²) >= 11 is 1.76. The summed E-state index contributed by atoms with van der Waals surface area (Å²) in [7, 11) is -0.591. The van der Waals surface area contributed by atoms with Crippen LogP contribution in [0.4, 0.5) is 0 Å². The number of nitrogens with zero attached hydrogens (tertiary/aromatic N) is 1. The lowest BCUT2D eigenvalue weighted by molar-refractivity contribution is 0.594. The molecule has 0 aliphatic rings. The average molecular weight is 239 g/mol. The van der Waals surface area contributed by atoms with Crippen LogP contribution in [0, 0.1) is 0 Å². The third-order valence-electron chi connectivity index (χ3n) is 2.32. The van der Waals surface area contributed by atoms with Crippen LogP contribution in [0.25, 0.3) is 10.6 Å². The second-order valence-electron chi connectivity index (χ2n) is 3.37. The summed E-state index contributed by atoms with van der Waals surface area (Å²) in [5, 5.41) is 2.09. The quantitative estimate of drug-likeness (QED) is 0.579. The van der Waals surface area contributed by atoms with Gasteiger partial charge in [0.25, 0.3) is 0 Å². The van der Waals surface area contributed by atoms with Gasteiger partial charge in [-0.3, -0.25) is 0 Å². The molecular weight excluding hydrogens is 225 g/mol. The lowest BCUT2D eigenvalue weighted by atomic mass is 10.3. The molecule has 1 unspecified atom stereocenters. The summed E-state index contributed by atoms with van der Waals surface area (Å²) in [5.41, 5.74) is 1.27. The summed E-state index contributed by atoms with van der Waals surface area (Å²) in [6, 6.07) is 8.41. The van der Waals surface area contributed by atoms with Crippen molar-refractivity contribution in [3.63, 3.8) is 0 Å². The molecular formula is C11H14NOPS. The van der Waals surface area contributed by atoms with Gasteiger partial charge in [-0.2, -0.15) is 0 Å². The van der Waals surface area contributed by atoms with Crippen LogP contribution in [-0.2, 0) is 11.1 Å². The number of hydrogen-bond acceptors (Lipinski definition) is 2. The molecule has 0 aromatic carbocycles. The standard InChI is InChI=1S/C11H14NOPS/c13-14-8-3-7-12-6-1-4-10(12)11-5-2-9-15-11/h1-2,4-6,9H,3,7-8,14H2. The monoisotopic (exact) mass is 239 g/mol. The maximum Gasteiger partial charge on any atom is 0.0646 e. The second kappa shape index (κ2) is 5.34. The highest BCUT2D eigenvalue weighted by Gasteiger charge is 2.03. The molecule has 0 saturated carbocycles. The molecule has 0 amide bonds. The van der Waals surface area contributed by atoms with Gasteiger partial charge in [-0.1, -0.05) is 6.07 Å². The van der Waals surface area contributed by atoms with E-state index in [2.05, 4.69) is 40.4 Å². The van der Waals surface area contributed by atoms with Gasteiger partial charge < -0.3 is 9.13 Å². The second-order valence-corrected chi connectivity index (χ2v) is 5.23. The molecule has 1 atom stereocenters. The van der Waals surface area contributed by atoms with E-state index in [0.717, 1.165) is 19.1 Å². The van der Waals surface area contributed by atoms with Crippen molar-refractivity contribution in [2.24, 2.45) is 0 Å². The maximum atomic E-state index is 10.4. The highest BCUT2D eigenvalue weighted by Crippen LogP contribution is 2.25. The number of hydrogen-bond donors (Lipinski definition) is 0. The fourth-order valence-corrected chi connectivity index (χ4v) is 2.72. The smallest absolute Gasteiger partial charge is 0.0646 e. The normalized spacial score (nSPS) is 11.5. The SMILES string of the molecule is O=[PH2]CCCn1cccc1-c1cccs1. The van der Waals surface area contributed by atoms with E-state index >= 15 is 0 Å². The largest absolute Gasteiger partial charge is 0.347 e. The molecule has 2 rings (SSSR count). The number of rotatable bonds is 5. The van der Waals surface area contributed by atoms with Gasteiger partial charge in [-0.05, 0) is 36.2 Å². The van der Waals surface area contributed by atoms with E-state index in [1.807, 2.05) is 0 Å². The van der Waals surface area contributed by atoms with E-state index in [9.17, 15) is 4.57 Å². The van der Waals surface area contributed by atoms with Crippen molar-refractivity contribution in [3.05, 3.63) is 35.8 Å². The van der Waals surface area contributed by atoms with Gasteiger partial charge in [-0.25, -0.2) is 0 Å². The first kappa shape index (κ1) is 10.7. The molecule has 15 heavy (non-hydrogen) atoms. The van der Waals surface area contributed by atoms with Crippen molar-refractivity contribution >= 4 is 19.8 Å². The van der Waals surface area contributed by atoms with Crippen LogP contribution in [0.3, 0.4) is 0 Å². The van der Waals surface area contributed by atoms with Gasteiger partial charge in [0.1, 0.15) is 0 Å². The van der Waals surface area contributed by atoms with Gasteiger partial charge in [0.05, 0.1) is 19.0 Å². The minimum Gasteiger partial charge on any atom is -0.347 e. The van der Waals surface area contributed by atoms with Crippen LogP contribution in [0.15, 0.2) is 35.8 Å². The molecule has 0 N–H and O–H groups in total. The van der Waals surface area contributed by atoms with Gasteiger partial charge in [0, 0.05) is 12.7 Å². The van der Waals surface area contributed by atoms with Gasteiger partial charge in [0.2, 0.25) is 0 Å². The van der Waals surface area contributed by atoms with Gasteiger partial charge in [-0.15, -0.1) is 11.3 Å². The predicted octanol–water partition coefficient (Wildman–Crippen LogP) is 3.36. The van der Waals surface area contributed by atoms with E-state index in [1.54, 1.807) is 11.3 Å². The molecule has 0 fully saturated rings. The first-order valence-corrected chi connectivity index (χ1v) is 7.21. The summed E-state index contributed by atoms with van der Waals surface area (Å²) in [6.07, 6.45) is 3.95. The van der Waals surface area contributed by atoms with Crippen LogP contribution >= 0.6 is 19.8 Å². The Morgan fingerprint density at radius 1 is 1.33 bits per heavy atom. The molecule has 0 spiro atoms. The van der Waals surface area contributed by atoms with Crippen molar-refractivity contribution in [2.45, 2.75) is 13.0 Å². The fourth-order valence-electron chi connectivity index (χ4n) is 1.60. The Balaban J connectivity index is 2.12. The lowest BCUT2D eigenvalue weighted by Crippen LogP contribution is -1.98. The molecule has 0 radical (unpaired) electrons. The lowest BCUT2D eigenvalue weighted by Gasteiger charge is -2.06. The zero-order chi connectivity index (χ0) is 10.5. The molecule has 2 aromatic heterocycles. The molecule has 2 aromatic rings. The Kier molecular flexibility index (Phi) is 3.81. The predicted molar refractivity (Wildman–Crippen MR) is 67.6 cm³/mol. The van der Waals surface area contributed by atoms with Gasteiger partial charge in [0.15, 0.2) is 0 Å². The first-order chi connectivity index (χ1) is 7.42. The molecule has 0 aliphatic carbocycles. The van der Waals surface area contributed by atoms with E-state index in [0.29, 0.717) is 0 Å². The average Bonchev–Trinajstić information content (AvgIpc) is 2.87. The van der Waals surface area contributed by atoms with E-state index < -0.39 is 8.46 Å². The van der Waals surface area contributed by atoms with E-state index in [-0.39, 0.29) is 0 Å². The van der Waals surface area contributed by atoms with Crippen LogP contribution in [0.5, 0.6) is 0 Å². The van der Waals surface area contributed by atoms with Gasteiger partial charge >= 0.3 is 0 Å². The molecule has 2 nitrogen and oxygen atoms in total. The van der Waals surface area contributed by atoms with Crippen LogP contribution < -0.4 is 0 Å². The molecule has 0 aliphatic heterocycles. The van der Waals surface area contributed by atoms with E-state index in [1.165, 1.54) is 10.6 Å².